The molecule has 1 N–H and O–H groups in total. The van der Waals surface area contributed by atoms with E-state index in [0.717, 1.165) is 6.08 Å². The van der Waals surface area contributed by atoms with Crippen LogP contribution < -0.4 is 5.32 Å². The Bertz CT molecular complexity index is 934. The minimum atomic E-state index is -4.37. The molecule has 0 bridgehead atoms. The third kappa shape index (κ3) is 4.41. The van der Waals surface area contributed by atoms with Crippen molar-refractivity contribution in [1.29, 1.82) is 0 Å². The quantitative estimate of drug-likeness (QED) is 0.764. The van der Waals surface area contributed by atoms with Gasteiger partial charge in [0.15, 0.2) is 0 Å². The van der Waals surface area contributed by atoms with Gasteiger partial charge in [0.05, 0.1) is 11.0 Å². The van der Waals surface area contributed by atoms with Crippen molar-refractivity contribution in [2.24, 2.45) is 0 Å². The SMILES string of the molecule is O=C(Nc1ccc2nccnc2c1)c1ccc(/C=C/C(F)(F)F)cc1. The van der Waals surface area contributed by atoms with Crippen LogP contribution in [0.15, 0.2) is 60.9 Å². The first-order valence-electron chi connectivity index (χ1n) is 7.29. The molecule has 126 valence electrons. The molecule has 0 aliphatic carbocycles. The number of nitrogens with zero attached hydrogens (tertiary/aromatic N) is 2. The second-order valence-corrected chi connectivity index (χ2v) is 5.21. The fraction of sp³-hybridized carbons (Fsp3) is 0.0556. The van der Waals surface area contributed by atoms with Gasteiger partial charge in [-0.15, -0.1) is 0 Å². The third-order valence-corrected chi connectivity index (χ3v) is 3.36. The number of amides is 1. The summed E-state index contributed by atoms with van der Waals surface area (Å²) in [6.45, 7) is 0. The van der Waals surface area contributed by atoms with E-state index >= 15 is 0 Å². The molecule has 0 saturated carbocycles. The van der Waals surface area contributed by atoms with Crippen LogP contribution in [0.1, 0.15) is 15.9 Å². The lowest BCUT2D eigenvalue weighted by Gasteiger charge is -2.06. The van der Waals surface area contributed by atoms with Gasteiger partial charge < -0.3 is 5.32 Å². The van der Waals surface area contributed by atoms with Crippen molar-refractivity contribution in [1.82, 2.24) is 9.97 Å². The Morgan fingerprint density at radius 2 is 1.64 bits per heavy atom. The number of aromatic nitrogens is 2. The molecule has 4 nitrogen and oxygen atoms in total. The van der Waals surface area contributed by atoms with Gasteiger partial charge >= 0.3 is 6.18 Å². The molecule has 0 unspecified atom stereocenters. The molecule has 0 spiro atoms. The van der Waals surface area contributed by atoms with Crippen LogP contribution >= 0.6 is 0 Å². The highest BCUT2D eigenvalue weighted by molar-refractivity contribution is 6.05. The lowest BCUT2D eigenvalue weighted by molar-refractivity contribution is -0.0790. The summed E-state index contributed by atoms with van der Waals surface area (Å²) < 4.78 is 36.4. The maximum Gasteiger partial charge on any atom is 0.409 e. The summed E-state index contributed by atoms with van der Waals surface area (Å²) in [6, 6.07) is 11.0. The van der Waals surface area contributed by atoms with Gasteiger partial charge in [-0.25, -0.2) is 0 Å². The van der Waals surface area contributed by atoms with Crippen molar-refractivity contribution in [3.05, 3.63) is 72.1 Å². The lowest BCUT2D eigenvalue weighted by atomic mass is 10.1. The largest absolute Gasteiger partial charge is 0.409 e. The van der Waals surface area contributed by atoms with E-state index in [4.69, 9.17) is 0 Å². The van der Waals surface area contributed by atoms with Crippen LogP contribution in [0, 0.1) is 0 Å². The first-order valence-corrected chi connectivity index (χ1v) is 7.29. The van der Waals surface area contributed by atoms with Crippen molar-refractivity contribution in [3.8, 4) is 0 Å². The van der Waals surface area contributed by atoms with E-state index in [1.54, 1.807) is 30.6 Å². The molecular weight excluding hydrogens is 331 g/mol. The van der Waals surface area contributed by atoms with Gasteiger partial charge in [0.2, 0.25) is 0 Å². The lowest BCUT2D eigenvalue weighted by Crippen LogP contribution is -2.11. The predicted molar refractivity (Wildman–Crippen MR) is 89.0 cm³/mol. The van der Waals surface area contributed by atoms with E-state index in [1.165, 1.54) is 24.3 Å². The van der Waals surface area contributed by atoms with E-state index in [2.05, 4.69) is 15.3 Å². The summed E-state index contributed by atoms with van der Waals surface area (Å²) in [5.74, 6) is -0.366. The molecule has 25 heavy (non-hydrogen) atoms. The Kier molecular flexibility index (Phi) is 4.47. The number of hydrogen-bond donors (Lipinski definition) is 1. The molecule has 7 heteroatoms. The molecule has 1 amide bonds. The number of halogens is 3. The fourth-order valence-corrected chi connectivity index (χ4v) is 2.18. The van der Waals surface area contributed by atoms with E-state index < -0.39 is 6.18 Å². The summed E-state index contributed by atoms with van der Waals surface area (Å²) in [4.78, 5) is 20.5. The number of carbonyl (C=O) groups is 1. The van der Waals surface area contributed by atoms with Crippen LogP contribution in [0.5, 0.6) is 0 Å². The molecule has 0 radical (unpaired) electrons. The number of anilines is 1. The zero-order chi connectivity index (χ0) is 17.9. The molecule has 3 aromatic rings. The fourth-order valence-electron chi connectivity index (χ4n) is 2.18. The zero-order valence-electron chi connectivity index (χ0n) is 12.8. The highest BCUT2D eigenvalue weighted by atomic mass is 19.4. The van der Waals surface area contributed by atoms with E-state index in [9.17, 15) is 18.0 Å². The van der Waals surface area contributed by atoms with Gasteiger partial charge in [-0.1, -0.05) is 18.2 Å². The molecule has 1 heterocycles. The van der Waals surface area contributed by atoms with Crippen molar-refractivity contribution >= 4 is 28.7 Å². The molecular formula is C18H12F3N3O. The Morgan fingerprint density at radius 1 is 0.960 bits per heavy atom. The van der Waals surface area contributed by atoms with Crippen molar-refractivity contribution in [2.75, 3.05) is 5.32 Å². The first kappa shape index (κ1) is 16.6. The highest BCUT2D eigenvalue weighted by Gasteiger charge is 2.21. The maximum absolute atomic E-state index is 12.2. The van der Waals surface area contributed by atoms with Gasteiger partial charge in [0, 0.05) is 29.7 Å². The number of alkyl halides is 3. The number of fused-ring (bicyclic) bond motifs is 1. The Hall–Kier alpha value is -3.22. The minimum absolute atomic E-state index is 0.151. The van der Waals surface area contributed by atoms with Crippen LogP contribution in [-0.4, -0.2) is 22.1 Å². The minimum Gasteiger partial charge on any atom is -0.322 e. The molecule has 1 aromatic heterocycles. The summed E-state index contributed by atoms with van der Waals surface area (Å²) in [6.07, 6.45) is -0.132. The third-order valence-electron chi connectivity index (χ3n) is 3.36. The summed E-state index contributed by atoms with van der Waals surface area (Å²) in [5.41, 5.74) is 2.60. The Balaban J connectivity index is 1.73. The summed E-state index contributed by atoms with van der Waals surface area (Å²) in [5, 5.41) is 2.72. The maximum atomic E-state index is 12.2. The van der Waals surface area contributed by atoms with E-state index in [0.29, 0.717) is 27.8 Å². The zero-order valence-corrected chi connectivity index (χ0v) is 12.8. The molecule has 0 aliphatic heterocycles. The average molecular weight is 343 g/mol. The van der Waals surface area contributed by atoms with Gasteiger partial charge in [0.1, 0.15) is 0 Å². The van der Waals surface area contributed by atoms with Crippen molar-refractivity contribution in [2.45, 2.75) is 6.18 Å². The van der Waals surface area contributed by atoms with E-state index in [1.807, 2.05) is 0 Å². The van der Waals surface area contributed by atoms with Crippen LogP contribution in [0.4, 0.5) is 18.9 Å². The monoisotopic (exact) mass is 343 g/mol. The molecule has 0 aliphatic rings. The predicted octanol–water partition coefficient (Wildman–Crippen LogP) is 4.46. The van der Waals surface area contributed by atoms with Crippen molar-refractivity contribution < 1.29 is 18.0 Å². The second kappa shape index (κ2) is 6.72. The van der Waals surface area contributed by atoms with Gasteiger partial charge in [-0.3, -0.25) is 14.8 Å². The first-order chi connectivity index (χ1) is 11.9. The molecule has 0 saturated heterocycles. The number of carbonyl (C=O) groups excluding carboxylic acids is 1. The normalized spacial score (nSPS) is 11.8. The Morgan fingerprint density at radius 3 is 2.32 bits per heavy atom. The highest BCUT2D eigenvalue weighted by Crippen LogP contribution is 2.19. The number of allylic oxidation sites excluding steroid dienone is 1. The van der Waals surface area contributed by atoms with Gasteiger partial charge in [0.25, 0.3) is 5.91 Å². The average Bonchev–Trinajstić information content (AvgIpc) is 2.59. The number of rotatable bonds is 3. The van der Waals surface area contributed by atoms with Gasteiger partial charge in [-0.2, -0.15) is 13.2 Å². The van der Waals surface area contributed by atoms with Crippen LogP contribution in [0.2, 0.25) is 0 Å². The van der Waals surface area contributed by atoms with Crippen molar-refractivity contribution in [3.63, 3.8) is 0 Å². The number of hydrogen-bond acceptors (Lipinski definition) is 3. The Labute approximate surface area is 141 Å². The number of nitrogens with one attached hydrogen (secondary N) is 1. The van der Waals surface area contributed by atoms with Gasteiger partial charge in [-0.05, 0) is 35.9 Å². The summed E-state index contributed by atoms with van der Waals surface area (Å²) in [7, 11) is 0. The smallest absolute Gasteiger partial charge is 0.322 e. The standard InChI is InChI=1S/C18H12F3N3O/c19-18(20,21)8-7-12-1-3-13(4-2-12)17(25)24-14-5-6-15-16(11-14)23-10-9-22-15/h1-11H,(H,24,25)/b8-7+. The second-order valence-electron chi connectivity index (χ2n) is 5.21. The molecule has 0 atom stereocenters. The van der Waals surface area contributed by atoms with Crippen LogP contribution in [0.3, 0.4) is 0 Å². The topological polar surface area (TPSA) is 54.9 Å². The van der Waals surface area contributed by atoms with E-state index in [-0.39, 0.29) is 12.0 Å². The molecule has 0 fully saturated rings. The molecule has 3 rings (SSSR count). The summed E-state index contributed by atoms with van der Waals surface area (Å²) >= 11 is 0. The van der Waals surface area contributed by atoms with Crippen LogP contribution in [-0.2, 0) is 0 Å². The number of benzene rings is 2. The molecule has 2 aromatic carbocycles. The van der Waals surface area contributed by atoms with Crippen LogP contribution in [0.25, 0.3) is 17.1 Å².